The van der Waals surface area contributed by atoms with Gasteiger partial charge in [-0.05, 0) is 48.1 Å². The average molecular weight is 342 g/mol. The molecule has 5 rings (SSSR count). The number of hydrogen-bond donors (Lipinski definition) is 3. The van der Waals surface area contributed by atoms with Crippen LogP contribution in [0.2, 0.25) is 0 Å². The van der Waals surface area contributed by atoms with Crippen molar-refractivity contribution in [2.24, 2.45) is 0 Å². The van der Waals surface area contributed by atoms with E-state index in [-0.39, 0.29) is 0 Å². The number of aromatic nitrogens is 3. The van der Waals surface area contributed by atoms with E-state index in [0.29, 0.717) is 6.04 Å². The Morgan fingerprint density at radius 1 is 1.08 bits per heavy atom. The van der Waals surface area contributed by atoms with E-state index in [2.05, 4.69) is 69.0 Å². The Morgan fingerprint density at radius 3 is 2.85 bits per heavy atom. The van der Waals surface area contributed by atoms with Gasteiger partial charge in [-0.3, -0.25) is 5.10 Å². The molecule has 3 N–H and O–H groups in total. The zero-order chi connectivity index (χ0) is 17.3. The van der Waals surface area contributed by atoms with Gasteiger partial charge < -0.3 is 10.3 Å². The monoisotopic (exact) mass is 342 g/mol. The SMILES string of the molecule is c1ccc(CNC2CCCc3c2[nH]c2ccc(-c4cn[nH]c4)cc32)cc1. The summed E-state index contributed by atoms with van der Waals surface area (Å²) in [5.41, 5.74) is 7.76. The van der Waals surface area contributed by atoms with Gasteiger partial charge in [0.15, 0.2) is 0 Å². The molecule has 26 heavy (non-hydrogen) atoms. The first-order valence-electron chi connectivity index (χ1n) is 9.29. The molecule has 0 aliphatic heterocycles. The number of aryl methyl sites for hydroxylation is 1. The van der Waals surface area contributed by atoms with E-state index < -0.39 is 0 Å². The maximum absolute atomic E-state index is 4.08. The van der Waals surface area contributed by atoms with Gasteiger partial charge in [0.25, 0.3) is 0 Å². The molecule has 2 aromatic carbocycles. The lowest BCUT2D eigenvalue weighted by Crippen LogP contribution is -2.24. The molecule has 0 saturated carbocycles. The van der Waals surface area contributed by atoms with Gasteiger partial charge in [0.2, 0.25) is 0 Å². The van der Waals surface area contributed by atoms with E-state index in [9.17, 15) is 0 Å². The molecule has 0 saturated heterocycles. The fourth-order valence-corrected chi connectivity index (χ4v) is 4.09. The quantitative estimate of drug-likeness (QED) is 0.502. The van der Waals surface area contributed by atoms with Gasteiger partial charge in [0.1, 0.15) is 0 Å². The van der Waals surface area contributed by atoms with E-state index >= 15 is 0 Å². The maximum Gasteiger partial charge on any atom is 0.0565 e. The Kier molecular flexibility index (Phi) is 3.83. The van der Waals surface area contributed by atoms with Gasteiger partial charge >= 0.3 is 0 Å². The molecule has 4 aromatic rings. The van der Waals surface area contributed by atoms with Crippen LogP contribution >= 0.6 is 0 Å². The molecule has 0 amide bonds. The molecule has 1 aliphatic carbocycles. The van der Waals surface area contributed by atoms with Crippen LogP contribution in [-0.4, -0.2) is 15.2 Å². The van der Waals surface area contributed by atoms with E-state index in [1.165, 1.54) is 46.1 Å². The second-order valence-corrected chi connectivity index (χ2v) is 7.08. The molecular weight excluding hydrogens is 320 g/mol. The van der Waals surface area contributed by atoms with Crippen molar-refractivity contribution in [1.29, 1.82) is 0 Å². The summed E-state index contributed by atoms with van der Waals surface area (Å²) in [6.45, 7) is 0.903. The molecule has 0 fully saturated rings. The molecule has 2 aromatic heterocycles. The smallest absolute Gasteiger partial charge is 0.0565 e. The highest BCUT2D eigenvalue weighted by Crippen LogP contribution is 2.36. The molecule has 0 spiro atoms. The summed E-state index contributed by atoms with van der Waals surface area (Å²) in [4.78, 5) is 3.69. The molecule has 4 nitrogen and oxygen atoms in total. The van der Waals surface area contributed by atoms with Gasteiger partial charge in [-0.1, -0.05) is 36.4 Å². The number of fused-ring (bicyclic) bond motifs is 3. The summed E-state index contributed by atoms with van der Waals surface area (Å²) in [6, 6.07) is 17.7. The van der Waals surface area contributed by atoms with Gasteiger partial charge in [-0.25, -0.2) is 0 Å². The van der Waals surface area contributed by atoms with Crippen LogP contribution < -0.4 is 5.32 Å². The highest BCUT2D eigenvalue weighted by molar-refractivity contribution is 5.89. The van der Waals surface area contributed by atoms with Crippen molar-refractivity contribution < 1.29 is 0 Å². The number of aromatic amines is 2. The van der Waals surface area contributed by atoms with Gasteiger partial charge in [-0.2, -0.15) is 5.10 Å². The van der Waals surface area contributed by atoms with Crippen LogP contribution in [0.15, 0.2) is 60.9 Å². The van der Waals surface area contributed by atoms with Gasteiger partial charge in [0.05, 0.1) is 6.20 Å². The van der Waals surface area contributed by atoms with Crippen molar-refractivity contribution in [1.82, 2.24) is 20.5 Å². The molecule has 0 radical (unpaired) electrons. The van der Waals surface area contributed by atoms with E-state index in [1.54, 1.807) is 0 Å². The Bertz CT molecular complexity index is 1020. The fourth-order valence-electron chi connectivity index (χ4n) is 4.09. The van der Waals surface area contributed by atoms with Gasteiger partial charge in [-0.15, -0.1) is 0 Å². The van der Waals surface area contributed by atoms with Crippen LogP contribution in [0.1, 0.15) is 35.7 Å². The average Bonchev–Trinajstić information content (AvgIpc) is 3.35. The topological polar surface area (TPSA) is 56.5 Å². The zero-order valence-corrected chi connectivity index (χ0v) is 14.6. The molecule has 0 bridgehead atoms. The lowest BCUT2D eigenvalue weighted by molar-refractivity contribution is 0.452. The van der Waals surface area contributed by atoms with E-state index in [1.807, 2.05) is 12.4 Å². The summed E-state index contributed by atoms with van der Waals surface area (Å²) >= 11 is 0. The minimum atomic E-state index is 0.392. The van der Waals surface area contributed by atoms with Crippen LogP contribution in [0.4, 0.5) is 0 Å². The molecule has 130 valence electrons. The minimum absolute atomic E-state index is 0.392. The zero-order valence-electron chi connectivity index (χ0n) is 14.6. The van der Waals surface area contributed by atoms with Crippen LogP contribution in [0.3, 0.4) is 0 Å². The Balaban J connectivity index is 1.47. The Morgan fingerprint density at radius 2 is 2.00 bits per heavy atom. The van der Waals surface area contributed by atoms with Crippen molar-refractivity contribution in [3.05, 3.63) is 77.7 Å². The number of H-pyrrole nitrogens is 2. The van der Waals surface area contributed by atoms with Crippen LogP contribution in [0, 0.1) is 0 Å². The summed E-state index contributed by atoms with van der Waals surface area (Å²) in [7, 11) is 0. The predicted molar refractivity (Wildman–Crippen MR) is 105 cm³/mol. The Labute approximate surface area is 152 Å². The molecular formula is C22H22N4. The lowest BCUT2D eigenvalue weighted by Gasteiger charge is -2.24. The maximum atomic E-state index is 4.08. The number of rotatable bonds is 4. The third-order valence-electron chi connectivity index (χ3n) is 5.43. The van der Waals surface area contributed by atoms with Crippen molar-refractivity contribution >= 4 is 10.9 Å². The first-order chi connectivity index (χ1) is 12.9. The first-order valence-corrected chi connectivity index (χ1v) is 9.29. The largest absolute Gasteiger partial charge is 0.357 e. The van der Waals surface area contributed by atoms with Gasteiger partial charge in [0, 0.05) is 40.9 Å². The summed E-state index contributed by atoms with van der Waals surface area (Å²) < 4.78 is 0. The normalized spacial score (nSPS) is 16.7. The second kappa shape index (κ2) is 6.46. The van der Waals surface area contributed by atoms with Crippen molar-refractivity contribution in [2.45, 2.75) is 31.8 Å². The number of benzene rings is 2. The number of nitrogens with zero attached hydrogens (tertiary/aromatic N) is 1. The summed E-state index contributed by atoms with van der Waals surface area (Å²) in [5.74, 6) is 0. The van der Waals surface area contributed by atoms with E-state index in [0.717, 1.165) is 18.5 Å². The molecule has 1 unspecified atom stereocenters. The number of nitrogens with one attached hydrogen (secondary N) is 3. The summed E-state index contributed by atoms with van der Waals surface area (Å²) in [6.07, 6.45) is 7.38. The summed E-state index contributed by atoms with van der Waals surface area (Å²) in [5, 5.41) is 12.1. The third kappa shape index (κ3) is 2.72. The van der Waals surface area contributed by atoms with Crippen molar-refractivity contribution in [3.63, 3.8) is 0 Å². The fraction of sp³-hybridized carbons (Fsp3) is 0.227. The Hall–Kier alpha value is -2.85. The van der Waals surface area contributed by atoms with Crippen LogP contribution in [-0.2, 0) is 13.0 Å². The minimum Gasteiger partial charge on any atom is -0.357 e. The molecule has 1 aliphatic rings. The first kappa shape index (κ1) is 15.4. The van der Waals surface area contributed by atoms with Crippen LogP contribution in [0.25, 0.3) is 22.0 Å². The van der Waals surface area contributed by atoms with Crippen LogP contribution in [0.5, 0.6) is 0 Å². The number of hydrogen-bond acceptors (Lipinski definition) is 2. The standard InChI is InChI=1S/C22H22N4/c1-2-5-15(6-3-1)12-23-21-8-4-7-18-19-11-16(17-13-24-25-14-17)9-10-20(19)26-22(18)21/h1-3,5-6,9-11,13-14,21,23,26H,4,7-8,12H2,(H,24,25). The highest BCUT2D eigenvalue weighted by atomic mass is 15.1. The third-order valence-corrected chi connectivity index (χ3v) is 5.43. The molecule has 1 atom stereocenters. The molecule has 4 heteroatoms. The van der Waals surface area contributed by atoms with E-state index in [4.69, 9.17) is 0 Å². The second-order valence-electron chi connectivity index (χ2n) is 7.08. The predicted octanol–water partition coefficient (Wildman–Crippen LogP) is 4.73. The highest BCUT2D eigenvalue weighted by Gasteiger charge is 2.24. The lowest BCUT2D eigenvalue weighted by atomic mass is 9.91. The molecule has 2 heterocycles. The van der Waals surface area contributed by atoms with Crippen molar-refractivity contribution in [2.75, 3.05) is 0 Å². The van der Waals surface area contributed by atoms with Crippen molar-refractivity contribution in [3.8, 4) is 11.1 Å².